The lowest BCUT2D eigenvalue weighted by molar-refractivity contribution is -0.119. The molecule has 8 nitrogen and oxygen atoms in total. The zero-order valence-corrected chi connectivity index (χ0v) is 17.6. The summed E-state index contributed by atoms with van der Waals surface area (Å²) < 4.78 is 15.4. The Balaban J connectivity index is 2.06. The first-order valence-corrected chi connectivity index (χ1v) is 10.0. The summed E-state index contributed by atoms with van der Waals surface area (Å²) in [5.74, 6) is -1.48. The number of hydrogen-bond acceptors (Lipinski definition) is 8. The van der Waals surface area contributed by atoms with E-state index < -0.39 is 24.5 Å². The highest BCUT2D eigenvalue weighted by atomic mass is 32.1. The minimum absolute atomic E-state index is 0.132. The molecule has 0 radical (unpaired) electrons. The third kappa shape index (κ3) is 6.02. The van der Waals surface area contributed by atoms with Crippen molar-refractivity contribution in [2.75, 3.05) is 25.1 Å². The molecule has 0 aliphatic heterocycles. The first-order chi connectivity index (χ1) is 13.9. The van der Waals surface area contributed by atoms with Crippen LogP contribution >= 0.6 is 11.3 Å². The quantitative estimate of drug-likeness (QED) is 0.618. The van der Waals surface area contributed by atoms with E-state index in [0.717, 1.165) is 4.88 Å². The Kier molecular flexibility index (Phi) is 8.14. The molecule has 0 bridgehead atoms. The molecule has 0 atom stereocenters. The molecular weight excluding hydrogens is 396 g/mol. The molecule has 0 unspecified atom stereocenters. The molecule has 0 saturated carbocycles. The van der Waals surface area contributed by atoms with Crippen molar-refractivity contribution in [1.82, 2.24) is 4.98 Å². The highest BCUT2D eigenvalue weighted by Gasteiger charge is 2.21. The van der Waals surface area contributed by atoms with Crippen LogP contribution in [0, 0.1) is 0 Å². The van der Waals surface area contributed by atoms with E-state index in [1.54, 1.807) is 26.0 Å². The number of aromatic nitrogens is 1. The van der Waals surface area contributed by atoms with Crippen LogP contribution in [0.5, 0.6) is 5.88 Å². The molecule has 0 aromatic carbocycles. The monoisotopic (exact) mass is 420 g/mol. The van der Waals surface area contributed by atoms with Gasteiger partial charge >= 0.3 is 11.9 Å². The number of ether oxygens (including phenoxy) is 3. The first-order valence-electron chi connectivity index (χ1n) is 9.22. The lowest BCUT2D eigenvalue weighted by Gasteiger charge is -2.09. The maximum absolute atomic E-state index is 12.3. The molecule has 2 rings (SSSR count). The standard InChI is InChI=1S/C20H24N2O6S/c1-5-26-17-13(8-7-9-21-17)19(24)28-11-16(23)22-18-14(20(25)27-6-2)10-15(29-18)12(3)4/h7-10,12H,5-6,11H2,1-4H3,(H,22,23). The highest BCUT2D eigenvalue weighted by Crippen LogP contribution is 2.33. The van der Waals surface area contributed by atoms with Gasteiger partial charge in [0.05, 0.1) is 18.8 Å². The number of esters is 2. The SMILES string of the molecule is CCOC(=O)c1cc(C(C)C)sc1NC(=O)COC(=O)c1cccnc1OCC. The predicted octanol–water partition coefficient (Wildman–Crippen LogP) is 3.64. The normalized spacial score (nSPS) is 10.5. The predicted molar refractivity (Wildman–Crippen MR) is 109 cm³/mol. The van der Waals surface area contributed by atoms with E-state index in [2.05, 4.69) is 10.3 Å². The minimum Gasteiger partial charge on any atom is -0.477 e. The van der Waals surface area contributed by atoms with Crippen molar-refractivity contribution in [3.05, 3.63) is 40.4 Å². The molecule has 29 heavy (non-hydrogen) atoms. The van der Waals surface area contributed by atoms with Crippen LogP contribution in [0.2, 0.25) is 0 Å². The number of thiophene rings is 1. The molecule has 156 valence electrons. The maximum atomic E-state index is 12.3. The van der Waals surface area contributed by atoms with E-state index in [9.17, 15) is 14.4 Å². The van der Waals surface area contributed by atoms with Crippen molar-refractivity contribution >= 4 is 34.2 Å². The van der Waals surface area contributed by atoms with E-state index in [1.165, 1.54) is 23.6 Å². The molecule has 2 aromatic rings. The number of carbonyl (C=O) groups excluding carboxylic acids is 3. The smallest absolute Gasteiger partial charge is 0.344 e. The van der Waals surface area contributed by atoms with Crippen LogP contribution in [0.25, 0.3) is 0 Å². The van der Waals surface area contributed by atoms with Crippen LogP contribution in [-0.4, -0.2) is 42.7 Å². The fraction of sp³-hybridized carbons (Fsp3) is 0.400. The van der Waals surface area contributed by atoms with Gasteiger partial charge in [-0.05, 0) is 38.0 Å². The van der Waals surface area contributed by atoms with Crippen molar-refractivity contribution < 1.29 is 28.6 Å². The van der Waals surface area contributed by atoms with Gasteiger partial charge in [0, 0.05) is 11.1 Å². The summed E-state index contributed by atoms with van der Waals surface area (Å²) in [6.45, 7) is 7.49. The number of rotatable bonds is 9. The van der Waals surface area contributed by atoms with E-state index in [0.29, 0.717) is 11.6 Å². The number of nitrogens with one attached hydrogen (secondary N) is 1. The van der Waals surface area contributed by atoms with Gasteiger partial charge in [-0.3, -0.25) is 4.79 Å². The first kappa shape index (κ1) is 22.4. The van der Waals surface area contributed by atoms with Gasteiger partial charge in [-0.25, -0.2) is 14.6 Å². The lowest BCUT2D eigenvalue weighted by Crippen LogP contribution is -2.22. The number of pyridine rings is 1. The van der Waals surface area contributed by atoms with Crippen LogP contribution in [-0.2, 0) is 14.3 Å². The molecule has 0 aliphatic rings. The van der Waals surface area contributed by atoms with Crippen LogP contribution in [0.3, 0.4) is 0 Å². The fourth-order valence-corrected chi connectivity index (χ4v) is 3.38. The molecule has 0 fully saturated rings. The van der Waals surface area contributed by atoms with Crippen LogP contribution in [0.1, 0.15) is 59.2 Å². The minimum atomic E-state index is -0.726. The summed E-state index contributed by atoms with van der Waals surface area (Å²) in [4.78, 5) is 41.6. The molecule has 0 spiro atoms. The van der Waals surface area contributed by atoms with Gasteiger partial charge in [-0.1, -0.05) is 13.8 Å². The summed E-state index contributed by atoms with van der Waals surface area (Å²) in [5.41, 5.74) is 0.415. The average molecular weight is 420 g/mol. The zero-order valence-electron chi connectivity index (χ0n) is 16.8. The van der Waals surface area contributed by atoms with Crippen molar-refractivity contribution in [3.63, 3.8) is 0 Å². The lowest BCUT2D eigenvalue weighted by atomic mass is 10.1. The second kappa shape index (κ2) is 10.6. The summed E-state index contributed by atoms with van der Waals surface area (Å²) in [5, 5.41) is 2.99. The number of nitrogens with zero attached hydrogens (tertiary/aromatic N) is 1. The largest absolute Gasteiger partial charge is 0.477 e. The summed E-state index contributed by atoms with van der Waals surface area (Å²) in [7, 11) is 0. The van der Waals surface area contributed by atoms with Crippen LogP contribution < -0.4 is 10.1 Å². The topological polar surface area (TPSA) is 104 Å². The van der Waals surface area contributed by atoms with Gasteiger partial charge in [0.25, 0.3) is 5.91 Å². The van der Waals surface area contributed by atoms with Crippen molar-refractivity contribution in [2.45, 2.75) is 33.6 Å². The summed E-state index contributed by atoms with van der Waals surface area (Å²) >= 11 is 1.29. The molecule has 0 aliphatic carbocycles. The third-order valence-electron chi connectivity index (χ3n) is 3.67. The van der Waals surface area contributed by atoms with Crippen molar-refractivity contribution in [2.24, 2.45) is 0 Å². The number of amides is 1. The highest BCUT2D eigenvalue weighted by molar-refractivity contribution is 7.16. The maximum Gasteiger partial charge on any atom is 0.344 e. The van der Waals surface area contributed by atoms with E-state index in [-0.39, 0.29) is 29.5 Å². The number of carbonyl (C=O) groups is 3. The number of hydrogen-bond donors (Lipinski definition) is 1. The van der Waals surface area contributed by atoms with Gasteiger partial charge in [0.15, 0.2) is 6.61 Å². The zero-order chi connectivity index (χ0) is 21.4. The Labute approximate surface area is 173 Å². The number of anilines is 1. The Morgan fingerprint density at radius 3 is 2.48 bits per heavy atom. The van der Waals surface area contributed by atoms with Gasteiger partial charge in [-0.2, -0.15) is 0 Å². The fourth-order valence-electron chi connectivity index (χ4n) is 2.32. The third-order valence-corrected chi connectivity index (χ3v) is 5.03. The average Bonchev–Trinajstić information content (AvgIpc) is 3.11. The molecule has 2 aromatic heterocycles. The van der Waals surface area contributed by atoms with Crippen molar-refractivity contribution in [3.8, 4) is 5.88 Å². The molecular formula is C20H24N2O6S. The van der Waals surface area contributed by atoms with Crippen molar-refractivity contribution in [1.29, 1.82) is 0 Å². The molecule has 0 saturated heterocycles. The molecule has 1 amide bonds. The van der Waals surface area contributed by atoms with Gasteiger partial charge in [-0.15, -0.1) is 11.3 Å². The second-order valence-electron chi connectivity index (χ2n) is 6.18. The second-order valence-corrected chi connectivity index (χ2v) is 7.26. The van der Waals surface area contributed by atoms with E-state index in [4.69, 9.17) is 14.2 Å². The van der Waals surface area contributed by atoms with Crippen LogP contribution in [0.15, 0.2) is 24.4 Å². The van der Waals surface area contributed by atoms with E-state index >= 15 is 0 Å². The Hall–Kier alpha value is -2.94. The Morgan fingerprint density at radius 2 is 1.83 bits per heavy atom. The molecule has 9 heteroatoms. The van der Waals surface area contributed by atoms with Gasteiger partial charge < -0.3 is 19.5 Å². The van der Waals surface area contributed by atoms with E-state index in [1.807, 2.05) is 13.8 Å². The van der Waals surface area contributed by atoms with Crippen LogP contribution in [0.4, 0.5) is 5.00 Å². The van der Waals surface area contributed by atoms with Gasteiger partial charge in [0.2, 0.25) is 5.88 Å². The molecule has 2 heterocycles. The Bertz CT molecular complexity index is 878. The summed E-state index contributed by atoms with van der Waals surface area (Å²) in [6.07, 6.45) is 1.49. The van der Waals surface area contributed by atoms with Gasteiger partial charge in [0.1, 0.15) is 10.6 Å². The molecule has 1 N–H and O–H groups in total. The summed E-state index contributed by atoms with van der Waals surface area (Å²) in [6, 6.07) is 4.79. The Morgan fingerprint density at radius 1 is 1.10 bits per heavy atom.